The number of rotatable bonds is 1. The number of aromatic nitrogens is 3. The molecule has 0 bridgehead atoms. The first-order chi connectivity index (χ1) is 9.70. The summed E-state index contributed by atoms with van der Waals surface area (Å²) in [5.74, 6) is -0.394. The third kappa shape index (κ3) is 1.91. The fourth-order valence-electron chi connectivity index (χ4n) is 2.33. The Morgan fingerprint density at radius 2 is 2.00 bits per heavy atom. The van der Waals surface area contributed by atoms with Gasteiger partial charge in [-0.15, -0.1) is 0 Å². The molecule has 0 aliphatic carbocycles. The van der Waals surface area contributed by atoms with Crippen molar-refractivity contribution in [1.29, 1.82) is 0 Å². The van der Waals surface area contributed by atoms with Crippen molar-refractivity contribution in [2.75, 3.05) is 0 Å². The van der Waals surface area contributed by atoms with Crippen molar-refractivity contribution in [3.8, 4) is 0 Å². The minimum Gasteiger partial charge on any atom is -0.335 e. The number of halogens is 3. The number of carbonyl (C=O) groups excluding carboxylic acids is 1. The lowest BCUT2D eigenvalue weighted by molar-refractivity contribution is -0.141. The highest BCUT2D eigenvalue weighted by Gasteiger charge is 2.37. The van der Waals surface area contributed by atoms with Crippen LogP contribution < -0.4 is 5.56 Å². The third-order valence-corrected chi connectivity index (χ3v) is 3.43. The number of fused-ring (bicyclic) bond motifs is 2. The zero-order valence-electron chi connectivity index (χ0n) is 11.2. The molecular weight excluding hydrogens is 289 g/mol. The second-order valence-electron chi connectivity index (χ2n) is 5.13. The Balaban J connectivity index is 2.22. The summed E-state index contributed by atoms with van der Waals surface area (Å²) in [5, 5.41) is 3.27. The highest BCUT2D eigenvalue weighted by molar-refractivity contribution is 5.96. The molecule has 0 aromatic carbocycles. The summed E-state index contributed by atoms with van der Waals surface area (Å²) < 4.78 is 38.5. The van der Waals surface area contributed by atoms with E-state index in [9.17, 15) is 22.8 Å². The third-order valence-electron chi connectivity index (χ3n) is 3.43. The predicted octanol–water partition coefficient (Wildman–Crippen LogP) is 1.41. The average molecular weight is 300 g/mol. The van der Waals surface area contributed by atoms with Gasteiger partial charge in [0.2, 0.25) is 0 Å². The molecule has 2 aromatic rings. The van der Waals surface area contributed by atoms with Gasteiger partial charge in [-0.3, -0.25) is 9.59 Å². The zero-order valence-corrected chi connectivity index (χ0v) is 11.2. The van der Waals surface area contributed by atoms with Crippen molar-refractivity contribution < 1.29 is 18.0 Å². The van der Waals surface area contributed by atoms with E-state index < -0.39 is 23.3 Å². The van der Waals surface area contributed by atoms with Crippen molar-refractivity contribution in [3.63, 3.8) is 0 Å². The van der Waals surface area contributed by atoms with Crippen LogP contribution in [-0.2, 0) is 12.7 Å². The number of amides is 1. The van der Waals surface area contributed by atoms with Crippen LogP contribution in [0.3, 0.4) is 0 Å². The zero-order chi connectivity index (χ0) is 15.5. The van der Waals surface area contributed by atoms with Gasteiger partial charge >= 0.3 is 6.18 Å². The van der Waals surface area contributed by atoms with Crippen molar-refractivity contribution in [2.45, 2.75) is 32.6 Å². The molecular formula is C12H11F3N4O2. The molecule has 0 radical (unpaired) electrons. The van der Waals surface area contributed by atoms with Crippen LogP contribution in [0, 0.1) is 0 Å². The van der Waals surface area contributed by atoms with E-state index >= 15 is 0 Å². The summed E-state index contributed by atoms with van der Waals surface area (Å²) in [5.41, 5.74) is -1.85. The van der Waals surface area contributed by atoms with Gasteiger partial charge in [0.05, 0.1) is 12.1 Å². The van der Waals surface area contributed by atoms with Gasteiger partial charge in [0, 0.05) is 12.1 Å². The maximum atomic E-state index is 12.6. The molecule has 0 fully saturated rings. The van der Waals surface area contributed by atoms with E-state index in [1.54, 1.807) is 13.8 Å². The standard InChI is InChI=1S/C12H11F3N4O2/c1-5(2)18-4-6-9(11(18)21)16-8-3-7(12(13,14)15)17-19(8)10(6)20/h3,5,16H,4H2,1-2H3. The Morgan fingerprint density at radius 3 is 2.57 bits per heavy atom. The molecule has 21 heavy (non-hydrogen) atoms. The SMILES string of the molecule is CC(C)N1Cc2c([nH]c3cc(C(F)(F)F)nn3c2=O)C1=O. The highest BCUT2D eigenvalue weighted by Crippen LogP contribution is 2.29. The number of hydrogen-bond acceptors (Lipinski definition) is 3. The fourth-order valence-corrected chi connectivity index (χ4v) is 2.33. The van der Waals surface area contributed by atoms with Gasteiger partial charge in [-0.25, -0.2) is 0 Å². The minimum atomic E-state index is -4.65. The van der Waals surface area contributed by atoms with Crippen LogP contribution in [0.4, 0.5) is 13.2 Å². The quantitative estimate of drug-likeness (QED) is 0.865. The molecule has 6 nitrogen and oxygen atoms in total. The van der Waals surface area contributed by atoms with E-state index in [-0.39, 0.29) is 29.5 Å². The summed E-state index contributed by atoms with van der Waals surface area (Å²) in [6, 6.07) is 0.600. The number of hydrogen-bond donors (Lipinski definition) is 1. The molecule has 3 rings (SSSR count). The molecule has 1 aliphatic heterocycles. The van der Waals surface area contributed by atoms with Gasteiger partial charge in [-0.2, -0.15) is 22.8 Å². The normalized spacial score (nSPS) is 15.3. The van der Waals surface area contributed by atoms with Gasteiger partial charge < -0.3 is 9.88 Å². The first kappa shape index (κ1) is 13.7. The molecule has 0 unspecified atom stereocenters. The maximum Gasteiger partial charge on any atom is 0.435 e. The van der Waals surface area contributed by atoms with Crippen LogP contribution in [-0.4, -0.2) is 31.4 Å². The summed E-state index contributed by atoms with van der Waals surface area (Å²) in [4.78, 5) is 28.4. The van der Waals surface area contributed by atoms with Crippen molar-refractivity contribution >= 4 is 11.6 Å². The van der Waals surface area contributed by atoms with Gasteiger partial charge in [0.25, 0.3) is 11.5 Å². The molecule has 0 saturated heterocycles. The molecule has 112 valence electrons. The number of H-pyrrole nitrogens is 1. The Labute approximate surface area is 116 Å². The Hall–Kier alpha value is -2.32. The summed E-state index contributed by atoms with van der Waals surface area (Å²) in [6.07, 6.45) is -4.65. The van der Waals surface area contributed by atoms with E-state index in [1.165, 1.54) is 4.90 Å². The van der Waals surface area contributed by atoms with E-state index in [4.69, 9.17) is 0 Å². The van der Waals surface area contributed by atoms with E-state index in [1.807, 2.05) is 0 Å². The topological polar surface area (TPSA) is 70.5 Å². The summed E-state index contributed by atoms with van der Waals surface area (Å²) in [6.45, 7) is 3.65. The van der Waals surface area contributed by atoms with Gasteiger partial charge in [-0.05, 0) is 13.8 Å². The lowest BCUT2D eigenvalue weighted by Crippen LogP contribution is -2.31. The van der Waals surface area contributed by atoms with Crippen molar-refractivity contribution in [3.05, 3.63) is 33.4 Å². The molecule has 0 spiro atoms. The second kappa shape index (κ2) is 4.09. The molecule has 0 saturated carbocycles. The largest absolute Gasteiger partial charge is 0.435 e. The van der Waals surface area contributed by atoms with Gasteiger partial charge in [0.15, 0.2) is 5.69 Å². The van der Waals surface area contributed by atoms with E-state index in [2.05, 4.69) is 10.1 Å². The van der Waals surface area contributed by atoms with Crippen LogP contribution in [0.15, 0.2) is 10.9 Å². The number of aromatic amines is 1. The molecule has 2 aromatic heterocycles. The monoisotopic (exact) mass is 300 g/mol. The smallest absolute Gasteiger partial charge is 0.335 e. The molecule has 1 amide bonds. The molecule has 0 atom stereocenters. The number of nitrogens with one attached hydrogen (secondary N) is 1. The van der Waals surface area contributed by atoms with Crippen LogP contribution in [0.1, 0.15) is 35.6 Å². The number of alkyl halides is 3. The van der Waals surface area contributed by atoms with E-state index in [0.717, 1.165) is 0 Å². The predicted molar refractivity (Wildman–Crippen MR) is 65.8 cm³/mol. The van der Waals surface area contributed by atoms with E-state index in [0.29, 0.717) is 10.6 Å². The first-order valence-corrected chi connectivity index (χ1v) is 6.23. The van der Waals surface area contributed by atoms with Crippen LogP contribution in [0.2, 0.25) is 0 Å². The summed E-state index contributed by atoms with van der Waals surface area (Å²) in [7, 11) is 0. The average Bonchev–Trinajstić information content (AvgIpc) is 2.92. The van der Waals surface area contributed by atoms with Crippen LogP contribution in [0.5, 0.6) is 0 Å². The summed E-state index contributed by atoms with van der Waals surface area (Å²) >= 11 is 0. The Kier molecular flexibility index (Phi) is 2.66. The molecule has 9 heteroatoms. The number of nitrogens with zero attached hydrogens (tertiary/aromatic N) is 3. The fraction of sp³-hybridized carbons (Fsp3) is 0.417. The Bertz CT molecular complexity index is 803. The van der Waals surface area contributed by atoms with Crippen LogP contribution >= 0.6 is 0 Å². The van der Waals surface area contributed by atoms with Crippen molar-refractivity contribution in [1.82, 2.24) is 19.5 Å². The highest BCUT2D eigenvalue weighted by atomic mass is 19.4. The maximum absolute atomic E-state index is 12.6. The molecule has 1 aliphatic rings. The van der Waals surface area contributed by atoms with Gasteiger partial charge in [0.1, 0.15) is 11.3 Å². The second-order valence-corrected chi connectivity index (χ2v) is 5.13. The first-order valence-electron chi connectivity index (χ1n) is 6.23. The molecule has 3 heterocycles. The van der Waals surface area contributed by atoms with Crippen LogP contribution in [0.25, 0.3) is 5.65 Å². The lowest BCUT2D eigenvalue weighted by Gasteiger charge is -2.19. The van der Waals surface area contributed by atoms with Crippen molar-refractivity contribution in [2.24, 2.45) is 0 Å². The minimum absolute atomic E-state index is 0.0369. The lowest BCUT2D eigenvalue weighted by atomic mass is 10.2. The number of carbonyl (C=O) groups is 1. The Morgan fingerprint density at radius 1 is 1.33 bits per heavy atom. The van der Waals surface area contributed by atoms with Gasteiger partial charge in [-0.1, -0.05) is 0 Å². The molecule has 1 N–H and O–H groups in total.